The summed E-state index contributed by atoms with van der Waals surface area (Å²) in [6, 6.07) is 14.6. The number of nitrogens with two attached hydrogens (primary N) is 1. The highest BCUT2D eigenvalue weighted by atomic mass is 16.4. The van der Waals surface area contributed by atoms with Gasteiger partial charge in [-0.25, -0.2) is 0 Å². The van der Waals surface area contributed by atoms with Crippen LogP contribution in [0.1, 0.15) is 28.3 Å². The van der Waals surface area contributed by atoms with Gasteiger partial charge >= 0.3 is 5.97 Å². The molecule has 0 aliphatic heterocycles. The average molecular weight is 312 g/mol. The molecule has 0 heterocycles. The van der Waals surface area contributed by atoms with E-state index in [9.17, 15) is 19.5 Å². The number of benzene rings is 2. The van der Waals surface area contributed by atoms with E-state index in [4.69, 9.17) is 5.73 Å². The predicted octanol–water partition coefficient (Wildman–Crippen LogP) is 1.98. The second kappa shape index (κ2) is 7.22. The van der Waals surface area contributed by atoms with E-state index in [1.54, 1.807) is 30.3 Å². The van der Waals surface area contributed by atoms with Crippen LogP contribution in [0.25, 0.3) is 0 Å². The zero-order valence-electron chi connectivity index (χ0n) is 12.2. The molecule has 1 atom stereocenters. The topological polar surface area (TPSA) is 109 Å². The number of hydrogen-bond acceptors (Lipinski definition) is 3. The second-order valence-electron chi connectivity index (χ2n) is 5.00. The normalized spacial score (nSPS) is 11.5. The van der Waals surface area contributed by atoms with Gasteiger partial charge in [0.2, 0.25) is 11.8 Å². The van der Waals surface area contributed by atoms with E-state index >= 15 is 0 Å². The Labute approximate surface area is 132 Å². The van der Waals surface area contributed by atoms with Crippen LogP contribution in [0, 0.1) is 0 Å². The summed E-state index contributed by atoms with van der Waals surface area (Å²) in [5, 5.41) is 11.9. The van der Waals surface area contributed by atoms with Crippen molar-refractivity contribution in [2.75, 3.05) is 5.32 Å². The van der Waals surface area contributed by atoms with Gasteiger partial charge in [0.05, 0.1) is 5.92 Å². The third kappa shape index (κ3) is 4.41. The molecule has 2 amide bonds. The molecule has 6 heteroatoms. The van der Waals surface area contributed by atoms with Gasteiger partial charge < -0.3 is 16.2 Å². The molecule has 0 saturated heterocycles. The van der Waals surface area contributed by atoms with Gasteiger partial charge in [-0.1, -0.05) is 30.3 Å². The number of anilines is 1. The monoisotopic (exact) mass is 312 g/mol. The third-order valence-corrected chi connectivity index (χ3v) is 3.34. The Morgan fingerprint density at radius 3 is 2.13 bits per heavy atom. The molecule has 23 heavy (non-hydrogen) atoms. The van der Waals surface area contributed by atoms with Crippen LogP contribution in [0.15, 0.2) is 54.6 Å². The highest BCUT2D eigenvalue weighted by Crippen LogP contribution is 2.21. The number of primary amides is 1. The molecule has 0 bridgehead atoms. The molecule has 4 N–H and O–H groups in total. The maximum Gasteiger partial charge on any atom is 0.311 e. The summed E-state index contributed by atoms with van der Waals surface area (Å²) in [5.41, 5.74) is 6.50. The molecule has 2 aromatic carbocycles. The van der Waals surface area contributed by atoms with E-state index in [2.05, 4.69) is 5.32 Å². The van der Waals surface area contributed by atoms with Crippen molar-refractivity contribution in [2.24, 2.45) is 5.73 Å². The van der Waals surface area contributed by atoms with E-state index in [0.29, 0.717) is 16.8 Å². The molecular formula is C17H16N2O4. The van der Waals surface area contributed by atoms with Gasteiger partial charge in [0.25, 0.3) is 0 Å². The van der Waals surface area contributed by atoms with Crippen molar-refractivity contribution in [3.8, 4) is 0 Å². The number of hydrogen-bond donors (Lipinski definition) is 3. The van der Waals surface area contributed by atoms with E-state index < -0.39 is 23.7 Å². The molecule has 118 valence electrons. The summed E-state index contributed by atoms with van der Waals surface area (Å²) in [6.07, 6.45) is -0.184. The first kappa shape index (κ1) is 16.2. The van der Waals surface area contributed by atoms with Crippen LogP contribution < -0.4 is 11.1 Å². The minimum absolute atomic E-state index is 0.184. The van der Waals surface area contributed by atoms with E-state index in [1.807, 2.05) is 0 Å². The van der Waals surface area contributed by atoms with E-state index in [1.165, 1.54) is 24.3 Å². The van der Waals surface area contributed by atoms with Gasteiger partial charge in [0.1, 0.15) is 0 Å². The summed E-state index contributed by atoms with van der Waals surface area (Å²) in [7, 11) is 0. The van der Waals surface area contributed by atoms with Crippen LogP contribution in [0.3, 0.4) is 0 Å². The van der Waals surface area contributed by atoms with Crippen LogP contribution >= 0.6 is 0 Å². The number of carboxylic acids is 1. The predicted molar refractivity (Wildman–Crippen MR) is 85.0 cm³/mol. The number of aliphatic carboxylic acids is 1. The molecule has 1 unspecified atom stereocenters. The lowest BCUT2D eigenvalue weighted by molar-refractivity contribution is -0.140. The summed E-state index contributed by atoms with van der Waals surface area (Å²) in [6.45, 7) is 0. The maximum atomic E-state index is 12.1. The Hall–Kier alpha value is -3.15. The van der Waals surface area contributed by atoms with E-state index in [0.717, 1.165) is 0 Å². The molecule has 6 nitrogen and oxygen atoms in total. The number of rotatable bonds is 6. The summed E-state index contributed by atoms with van der Waals surface area (Å²) < 4.78 is 0. The summed E-state index contributed by atoms with van der Waals surface area (Å²) >= 11 is 0. The van der Waals surface area contributed by atoms with Crippen molar-refractivity contribution in [3.63, 3.8) is 0 Å². The summed E-state index contributed by atoms with van der Waals surface area (Å²) in [5.74, 6) is -2.96. The van der Waals surface area contributed by atoms with Crippen molar-refractivity contribution in [2.45, 2.75) is 12.3 Å². The van der Waals surface area contributed by atoms with Crippen LogP contribution in [0.5, 0.6) is 0 Å². The molecule has 0 fully saturated rings. The molecule has 2 rings (SSSR count). The highest BCUT2D eigenvalue weighted by molar-refractivity contribution is 5.96. The Morgan fingerprint density at radius 2 is 1.61 bits per heavy atom. The highest BCUT2D eigenvalue weighted by Gasteiger charge is 2.23. The molecule has 0 aliphatic rings. The zero-order chi connectivity index (χ0) is 16.8. The Bertz CT molecular complexity index is 711. The number of carbonyl (C=O) groups is 3. The van der Waals surface area contributed by atoms with Crippen molar-refractivity contribution < 1.29 is 19.5 Å². The lowest BCUT2D eigenvalue weighted by Crippen LogP contribution is -2.21. The fraction of sp³-hybridized carbons (Fsp3) is 0.118. The molecule has 0 aromatic heterocycles. The van der Waals surface area contributed by atoms with Gasteiger partial charge in [-0.2, -0.15) is 0 Å². The smallest absolute Gasteiger partial charge is 0.311 e. The quantitative estimate of drug-likeness (QED) is 0.757. The number of carbonyl (C=O) groups excluding carboxylic acids is 2. The Balaban J connectivity index is 2.05. The molecule has 0 aliphatic carbocycles. The lowest BCUT2D eigenvalue weighted by atomic mass is 9.95. The van der Waals surface area contributed by atoms with Crippen molar-refractivity contribution >= 4 is 23.5 Å². The van der Waals surface area contributed by atoms with Crippen LogP contribution in [-0.2, 0) is 9.59 Å². The minimum Gasteiger partial charge on any atom is -0.481 e. The standard InChI is InChI=1S/C17H16N2O4/c18-16(21)12-6-8-13(9-7-12)19-15(20)10-14(17(22)23)11-4-2-1-3-5-11/h1-9,14H,10H2,(H2,18,21)(H,19,20)(H,22,23). The first-order valence-corrected chi connectivity index (χ1v) is 6.95. The fourth-order valence-corrected chi connectivity index (χ4v) is 2.15. The molecule has 0 saturated carbocycles. The molecule has 0 spiro atoms. The number of amides is 2. The summed E-state index contributed by atoms with van der Waals surface area (Å²) in [4.78, 5) is 34.4. The number of nitrogens with one attached hydrogen (secondary N) is 1. The van der Waals surface area contributed by atoms with Crippen LogP contribution in [-0.4, -0.2) is 22.9 Å². The maximum absolute atomic E-state index is 12.1. The van der Waals surface area contributed by atoms with Gasteiger partial charge in [0.15, 0.2) is 0 Å². The van der Waals surface area contributed by atoms with Crippen molar-refractivity contribution in [3.05, 3.63) is 65.7 Å². The largest absolute Gasteiger partial charge is 0.481 e. The SMILES string of the molecule is NC(=O)c1ccc(NC(=O)CC(C(=O)O)c2ccccc2)cc1. The van der Waals surface area contributed by atoms with Crippen LogP contribution in [0.2, 0.25) is 0 Å². The number of carboxylic acid groups (broad SMARTS) is 1. The van der Waals surface area contributed by atoms with Crippen molar-refractivity contribution in [1.82, 2.24) is 0 Å². The van der Waals surface area contributed by atoms with Crippen molar-refractivity contribution in [1.29, 1.82) is 0 Å². The molecular weight excluding hydrogens is 296 g/mol. The van der Waals surface area contributed by atoms with Gasteiger partial charge in [-0.05, 0) is 29.8 Å². The van der Waals surface area contributed by atoms with Gasteiger partial charge in [-0.3, -0.25) is 14.4 Å². The second-order valence-corrected chi connectivity index (χ2v) is 5.00. The Morgan fingerprint density at radius 1 is 1.00 bits per heavy atom. The molecule has 2 aromatic rings. The minimum atomic E-state index is -1.06. The first-order chi connectivity index (χ1) is 11.0. The molecule has 0 radical (unpaired) electrons. The third-order valence-electron chi connectivity index (χ3n) is 3.34. The lowest BCUT2D eigenvalue weighted by Gasteiger charge is -2.13. The van der Waals surface area contributed by atoms with E-state index in [-0.39, 0.29) is 6.42 Å². The fourth-order valence-electron chi connectivity index (χ4n) is 2.15. The van der Waals surface area contributed by atoms with Crippen LogP contribution in [0.4, 0.5) is 5.69 Å². The average Bonchev–Trinajstić information content (AvgIpc) is 2.53. The zero-order valence-corrected chi connectivity index (χ0v) is 12.2. The first-order valence-electron chi connectivity index (χ1n) is 6.95. The van der Waals surface area contributed by atoms with Gasteiger partial charge in [0, 0.05) is 17.7 Å². The Kier molecular flexibility index (Phi) is 5.09. The van der Waals surface area contributed by atoms with Gasteiger partial charge in [-0.15, -0.1) is 0 Å².